The maximum atomic E-state index is 11.1. The Hall–Kier alpha value is -2.50. The Morgan fingerprint density at radius 3 is 2.79 bits per heavy atom. The van der Waals surface area contributed by atoms with Gasteiger partial charge in [-0.15, -0.1) is 0 Å². The number of aryl methyl sites for hydroxylation is 2. The van der Waals surface area contributed by atoms with Crippen molar-refractivity contribution in [1.29, 1.82) is 0 Å². The molecule has 0 unspecified atom stereocenters. The molecule has 2 N–H and O–H groups in total. The monoisotopic (exact) mass is 332 g/mol. The van der Waals surface area contributed by atoms with Crippen molar-refractivity contribution in [2.75, 3.05) is 18.5 Å². The second kappa shape index (κ2) is 8.96. The minimum atomic E-state index is -0.896. The zero-order chi connectivity index (χ0) is 17.4. The van der Waals surface area contributed by atoms with E-state index in [2.05, 4.69) is 10.5 Å². The molecule has 0 atom stereocenters. The van der Waals surface area contributed by atoms with E-state index in [0.717, 1.165) is 42.8 Å². The van der Waals surface area contributed by atoms with Crippen LogP contribution in [0.2, 0.25) is 0 Å². The standard InChI is InChI=1S/C18H24N2O4/c1-3-14-12-15(7-8-16(14)18(21)22)23-10-6-4-5-9-19-17-11-13(2)20-24-17/h7-8,11-12,19H,3-6,9-10H2,1-2H3,(H,21,22). The number of nitrogens with one attached hydrogen (secondary N) is 1. The number of unbranched alkanes of at least 4 members (excludes halogenated alkanes) is 2. The van der Waals surface area contributed by atoms with Crippen LogP contribution in [0.15, 0.2) is 28.8 Å². The summed E-state index contributed by atoms with van der Waals surface area (Å²) in [7, 11) is 0. The molecule has 6 heteroatoms. The predicted octanol–water partition coefficient (Wildman–Crippen LogP) is 3.90. The molecule has 0 fully saturated rings. The molecule has 0 spiro atoms. The summed E-state index contributed by atoms with van der Waals surface area (Å²) in [5, 5.41) is 16.1. The quantitative estimate of drug-likeness (QED) is 0.642. The second-order valence-electron chi connectivity index (χ2n) is 5.65. The zero-order valence-corrected chi connectivity index (χ0v) is 14.2. The van der Waals surface area contributed by atoms with Crippen LogP contribution in [-0.2, 0) is 6.42 Å². The summed E-state index contributed by atoms with van der Waals surface area (Å²) in [5.74, 6) is 0.536. The Morgan fingerprint density at radius 1 is 1.29 bits per heavy atom. The zero-order valence-electron chi connectivity index (χ0n) is 14.2. The van der Waals surface area contributed by atoms with Crippen LogP contribution in [0.4, 0.5) is 5.88 Å². The maximum Gasteiger partial charge on any atom is 0.335 e. The molecule has 24 heavy (non-hydrogen) atoms. The van der Waals surface area contributed by atoms with E-state index in [0.29, 0.717) is 24.5 Å². The van der Waals surface area contributed by atoms with E-state index in [9.17, 15) is 4.79 Å². The van der Waals surface area contributed by atoms with Gasteiger partial charge >= 0.3 is 5.97 Å². The molecule has 0 saturated carbocycles. The van der Waals surface area contributed by atoms with Crippen molar-refractivity contribution in [3.63, 3.8) is 0 Å². The van der Waals surface area contributed by atoms with Gasteiger partial charge in [-0.1, -0.05) is 12.1 Å². The Bertz CT molecular complexity index is 667. The van der Waals surface area contributed by atoms with Gasteiger partial charge in [0.05, 0.1) is 17.9 Å². The fraction of sp³-hybridized carbons (Fsp3) is 0.444. The van der Waals surface area contributed by atoms with Crippen molar-refractivity contribution in [2.24, 2.45) is 0 Å². The number of aromatic nitrogens is 1. The Morgan fingerprint density at radius 2 is 2.12 bits per heavy atom. The number of aromatic carboxylic acids is 1. The van der Waals surface area contributed by atoms with Gasteiger partial charge in [0.1, 0.15) is 5.75 Å². The van der Waals surface area contributed by atoms with Crippen LogP contribution in [0.25, 0.3) is 0 Å². The van der Waals surface area contributed by atoms with Gasteiger partial charge in [-0.3, -0.25) is 0 Å². The Balaban J connectivity index is 1.64. The van der Waals surface area contributed by atoms with E-state index in [1.54, 1.807) is 12.1 Å². The Kier molecular flexibility index (Phi) is 6.66. The summed E-state index contributed by atoms with van der Waals surface area (Å²) in [6.45, 7) is 5.28. The van der Waals surface area contributed by atoms with E-state index in [-0.39, 0.29) is 0 Å². The summed E-state index contributed by atoms with van der Waals surface area (Å²) in [5.41, 5.74) is 2.01. The number of ether oxygens (including phenoxy) is 1. The van der Waals surface area contributed by atoms with Gasteiger partial charge in [-0.25, -0.2) is 4.79 Å². The predicted molar refractivity (Wildman–Crippen MR) is 91.9 cm³/mol. The van der Waals surface area contributed by atoms with Gasteiger partial charge in [0.15, 0.2) is 0 Å². The first-order chi connectivity index (χ1) is 11.6. The van der Waals surface area contributed by atoms with Crippen LogP contribution in [-0.4, -0.2) is 29.4 Å². The van der Waals surface area contributed by atoms with E-state index in [1.165, 1.54) is 0 Å². The molecule has 2 aromatic rings. The number of rotatable bonds is 10. The highest BCUT2D eigenvalue weighted by Crippen LogP contribution is 2.19. The van der Waals surface area contributed by atoms with Crippen LogP contribution in [0, 0.1) is 6.92 Å². The van der Waals surface area contributed by atoms with Crippen molar-refractivity contribution in [1.82, 2.24) is 5.16 Å². The number of nitrogens with zero attached hydrogens (tertiary/aromatic N) is 1. The lowest BCUT2D eigenvalue weighted by molar-refractivity contribution is 0.0695. The first-order valence-corrected chi connectivity index (χ1v) is 8.26. The third kappa shape index (κ3) is 5.30. The van der Waals surface area contributed by atoms with E-state index < -0.39 is 5.97 Å². The van der Waals surface area contributed by atoms with Crippen molar-refractivity contribution in [2.45, 2.75) is 39.5 Å². The third-order valence-electron chi connectivity index (χ3n) is 3.71. The highest BCUT2D eigenvalue weighted by atomic mass is 16.5. The van der Waals surface area contributed by atoms with Crippen LogP contribution >= 0.6 is 0 Å². The molecule has 0 bridgehead atoms. The minimum Gasteiger partial charge on any atom is -0.494 e. The molecule has 0 saturated heterocycles. The number of carboxylic acids is 1. The summed E-state index contributed by atoms with van der Waals surface area (Å²) in [4.78, 5) is 11.1. The van der Waals surface area contributed by atoms with E-state index in [1.807, 2.05) is 26.0 Å². The largest absolute Gasteiger partial charge is 0.494 e. The lowest BCUT2D eigenvalue weighted by Crippen LogP contribution is -2.04. The highest BCUT2D eigenvalue weighted by Gasteiger charge is 2.09. The molecule has 1 aromatic heterocycles. The minimum absolute atomic E-state index is 0.346. The van der Waals surface area contributed by atoms with Gasteiger partial charge in [0.25, 0.3) is 0 Å². The first-order valence-electron chi connectivity index (χ1n) is 8.26. The molecule has 130 valence electrons. The molecule has 2 rings (SSSR count). The smallest absolute Gasteiger partial charge is 0.335 e. The molecule has 0 aliphatic heterocycles. The van der Waals surface area contributed by atoms with Gasteiger partial charge in [-0.2, -0.15) is 0 Å². The maximum absolute atomic E-state index is 11.1. The fourth-order valence-corrected chi connectivity index (χ4v) is 2.41. The SMILES string of the molecule is CCc1cc(OCCCCCNc2cc(C)no2)ccc1C(=O)O. The summed E-state index contributed by atoms with van der Waals surface area (Å²) >= 11 is 0. The highest BCUT2D eigenvalue weighted by molar-refractivity contribution is 5.89. The van der Waals surface area contributed by atoms with Crippen LogP contribution < -0.4 is 10.1 Å². The van der Waals surface area contributed by atoms with Crippen LogP contribution in [0.1, 0.15) is 47.8 Å². The second-order valence-corrected chi connectivity index (χ2v) is 5.65. The molecule has 6 nitrogen and oxygen atoms in total. The van der Waals surface area contributed by atoms with Gasteiger partial charge in [0.2, 0.25) is 5.88 Å². The van der Waals surface area contributed by atoms with Gasteiger partial charge in [0, 0.05) is 12.6 Å². The Labute approximate surface area is 141 Å². The van der Waals surface area contributed by atoms with Crippen molar-refractivity contribution in [3.8, 4) is 5.75 Å². The normalized spacial score (nSPS) is 10.6. The average Bonchev–Trinajstić information content (AvgIpc) is 2.98. The third-order valence-corrected chi connectivity index (χ3v) is 3.71. The number of anilines is 1. The fourth-order valence-electron chi connectivity index (χ4n) is 2.41. The molecule has 0 amide bonds. The lowest BCUT2D eigenvalue weighted by atomic mass is 10.1. The topological polar surface area (TPSA) is 84.6 Å². The number of hydrogen-bond donors (Lipinski definition) is 2. The van der Waals surface area contributed by atoms with Crippen molar-refractivity contribution < 1.29 is 19.2 Å². The number of carboxylic acid groups (broad SMARTS) is 1. The number of hydrogen-bond acceptors (Lipinski definition) is 5. The molecule has 0 aliphatic rings. The van der Waals surface area contributed by atoms with E-state index in [4.69, 9.17) is 14.4 Å². The van der Waals surface area contributed by atoms with Crippen molar-refractivity contribution >= 4 is 11.9 Å². The summed E-state index contributed by atoms with van der Waals surface area (Å²) < 4.78 is 10.8. The average molecular weight is 332 g/mol. The molecule has 1 aromatic carbocycles. The molecule has 0 radical (unpaired) electrons. The van der Waals surface area contributed by atoms with Crippen LogP contribution in [0.3, 0.4) is 0 Å². The molecule has 0 aliphatic carbocycles. The lowest BCUT2D eigenvalue weighted by Gasteiger charge is -2.09. The summed E-state index contributed by atoms with van der Waals surface area (Å²) in [6.07, 6.45) is 3.67. The van der Waals surface area contributed by atoms with Crippen molar-refractivity contribution in [3.05, 3.63) is 41.1 Å². The van der Waals surface area contributed by atoms with Gasteiger partial charge in [-0.05, 0) is 56.4 Å². The first kappa shape index (κ1) is 17.8. The molecular weight excluding hydrogens is 308 g/mol. The molecular formula is C18H24N2O4. The number of carbonyl (C=O) groups is 1. The van der Waals surface area contributed by atoms with Crippen LogP contribution in [0.5, 0.6) is 5.75 Å². The van der Waals surface area contributed by atoms with E-state index >= 15 is 0 Å². The van der Waals surface area contributed by atoms with Gasteiger partial charge < -0.3 is 19.7 Å². The molecule has 1 heterocycles. The summed E-state index contributed by atoms with van der Waals surface area (Å²) in [6, 6.07) is 7.02. The number of benzene rings is 1.